The van der Waals surface area contributed by atoms with Gasteiger partial charge in [-0.1, -0.05) is 36.4 Å². The molecule has 12 nitrogen and oxygen atoms in total. The SMILES string of the molecule is COP(=O)(OC[C@H](Cc1c[nH]c2ccccc12)NC(=O)[C@H](C)N)OC[C@H](Cc1c[nH]c2ccccc12)NC(=O)[C@H](C)N. The van der Waals surface area contributed by atoms with Gasteiger partial charge in [0.05, 0.1) is 37.4 Å². The number of nitrogens with two attached hydrogens (primary N) is 2. The molecule has 4 atom stereocenters. The van der Waals surface area contributed by atoms with Crippen LogP contribution in [0.15, 0.2) is 60.9 Å². The van der Waals surface area contributed by atoms with Gasteiger partial charge in [-0.25, -0.2) is 4.57 Å². The molecule has 0 aliphatic carbocycles. The standard InChI is InChI=1S/C29H39N6O6P/c1-18(30)28(36)34-22(12-20-14-32-26-10-6-4-8-24(20)26)16-40-42(38,39-3)41-17-23(35-29(37)19(2)31)13-21-15-33-27-11-7-5-9-25(21)27/h4-11,14-15,18-19,22-23,32-33H,12-13,16-17,30-31H2,1-3H3,(H,34,36)(H,35,37)/t18-,19-,22-,23-/m0/s1. The quantitative estimate of drug-likeness (QED) is 0.113. The summed E-state index contributed by atoms with van der Waals surface area (Å²) in [5, 5.41) is 7.70. The van der Waals surface area contributed by atoms with Gasteiger partial charge < -0.3 is 32.1 Å². The number of carbonyl (C=O) groups excluding carboxylic acids is 2. The Hall–Kier alpha value is -3.51. The summed E-state index contributed by atoms with van der Waals surface area (Å²) in [6, 6.07) is 12.9. The molecule has 0 aliphatic rings. The molecule has 42 heavy (non-hydrogen) atoms. The molecule has 0 saturated carbocycles. The van der Waals surface area contributed by atoms with Crippen LogP contribution in [0.25, 0.3) is 21.8 Å². The number of benzene rings is 2. The fourth-order valence-electron chi connectivity index (χ4n) is 4.61. The van der Waals surface area contributed by atoms with Crippen LogP contribution in [0.4, 0.5) is 0 Å². The van der Waals surface area contributed by atoms with Crippen LogP contribution in [0.2, 0.25) is 0 Å². The minimum absolute atomic E-state index is 0.178. The number of phosphoric acid groups is 1. The maximum absolute atomic E-state index is 13.5. The predicted molar refractivity (Wildman–Crippen MR) is 162 cm³/mol. The number of aromatic nitrogens is 2. The van der Waals surface area contributed by atoms with E-state index in [2.05, 4.69) is 20.6 Å². The number of para-hydroxylation sites is 2. The number of hydrogen-bond acceptors (Lipinski definition) is 8. The summed E-state index contributed by atoms with van der Waals surface area (Å²) in [5.41, 5.74) is 15.3. The molecule has 226 valence electrons. The molecule has 2 amide bonds. The van der Waals surface area contributed by atoms with Crippen molar-refractivity contribution in [3.8, 4) is 0 Å². The van der Waals surface area contributed by atoms with Crippen molar-refractivity contribution in [1.29, 1.82) is 0 Å². The molecule has 2 heterocycles. The third-order valence-electron chi connectivity index (χ3n) is 6.89. The van der Waals surface area contributed by atoms with Crippen LogP contribution in [0.1, 0.15) is 25.0 Å². The number of amides is 2. The van der Waals surface area contributed by atoms with E-state index in [4.69, 9.17) is 25.0 Å². The summed E-state index contributed by atoms with van der Waals surface area (Å²) in [4.78, 5) is 31.4. The molecule has 0 unspecified atom stereocenters. The molecule has 2 aromatic carbocycles. The predicted octanol–water partition coefficient (Wildman–Crippen LogP) is 2.89. The number of phosphoric ester groups is 1. The molecule has 0 bridgehead atoms. The average Bonchev–Trinajstić information content (AvgIpc) is 3.58. The van der Waals surface area contributed by atoms with Gasteiger partial charge in [-0.3, -0.25) is 23.2 Å². The molecule has 2 aromatic heterocycles. The summed E-state index contributed by atoms with van der Waals surface area (Å²) >= 11 is 0. The van der Waals surface area contributed by atoms with E-state index in [9.17, 15) is 14.2 Å². The Bertz CT molecular complexity index is 1440. The van der Waals surface area contributed by atoms with Gasteiger partial charge in [0.15, 0.2) is 0 Å². The van der Waals surface area contributed by atoms with Crippen molar-refractivity contribution in [3.05, 3.63) is 72.1 Å². The van der Waals surface area contributed by atoms with Gasteiger partial charge in [0, 0.05) is 41.3 Å². The monoisotopic (exact) mass is 598 g/mol. The number of fused-ring (bicyclic) bond motifs is 2. The highest BCUT2D eigenvalue weighted by Gasteiger charge is 2.30. The first-order valence-electron chi connectivity index (χ1n) is 13.7. The second-order valence-electron chi connectivity index (χ2n) is 10.3. The maximum Gasteiger partial charge on any atom is 0.474 e. The molecule has 8 N–H and O–H groups in total. The van der Waals surface area contributed by atoms with Crippen molar-refractivity contribution in [2.75, 3.05) is 20.3 Å². The zero-order valence-corrected chi connectivity index (χ0v) is 24.9. The molecule has 0 spiro atoms. The molecular weight excluding hydrogens is 559 g/mol. The normalized spacial score (nSPS) is 14.9. The van der Waals surface area contributed by atoms with Crippen molar-refractivity contribution >= 4 is 41.4 Å². The Balaban J connectivity index is 1.46. The number of nitrogens with one attached hydrogen (secondary N) is 4. The van der Waals surface area contributed by atoms with Gasteiger partial charge in [0.25, 0.3) is 0 Å². The fraction of sp³-hybridized carbons (Fsp3) is 0.379. The van der Waals surface area contributed by atoms with Crippen molar-refractivity contribution in [3.63, 3.8) is 0 Å². The first kappa shape index (κ1) is 31.4. The van der Waals surface area contributed by atoms with Crippen molar-refractivity contribution in [2.45, 2.75) is 50.9 Å². The highest BCUT2D eigenvalue weighted by molar-refractivity contribution is 7.48. The minimum atomic E-state index is -4.10. The second-order valence-corrected chi connectivity index (χ2v) is 12.1. The maximum atomic E-state index is 13.5. The lowest BCUT2D eigenvalue weighted by molar-refractivity contribution is -0.123. The lowest BCUT2D eigenvalue weighted by Gasteiger charge is -2.25. The van der Waals surface area contributed by atoms with Crippen LogP contribution in [0, 0.1) is 0 Å². The summed E-state index contributed by atoms with van der Waals surface area (Å²) < 4.78 is 30.1. The smallest absolute Gasteiger partial charge is 0.361 e. The first-order valence-corrected chi connectivity index (χ1v) is 15.2. The van der Waals surface area contributed by atoms with Crippen molar-refractivity contribution < 1.29 is 27.7 Å². The molecule has 0 fully saturated rings. The topological polar surface area (TPSA) is 187 Å². The van der Waals surface area contributed by atoms with Crippen LogP contribution in [0.3, 0.4) is 0 Å². The molecule has 0 aliphatic heterocycles. The number of H-pyrrole nitrogens is 2. The average molecular weight is 599 g/mol. The van der Waals surface area contributed by atoms with E-state index in [-0.39, 0.29) is 25.0 Å². The van der Waals surface area contributed by atoms with Gasteiger partial charge >= 0.3 is 7.82 Å². The largest absolute Gasteiger partial charge is 0.474 e. The highest BCUT2D eigenvalue weighted by atomic mass is 31.2. The Kier molecular flexibility index (Phi) is 10.6. The van der Waals surface area contributed by atoms with Crippen LogP contribution < -0.4 is 22.1 Å². The minimum Gasteiger partial charge on any atom is -0.361 e. The van der Waals surface area contributed by atoms with Crippen molar-refractivity contribution in [2.24, 2.45) is 11.5 Å². The van der Waals surface area contributed by atoms with Crippen LogP contribution in [-0.2, 0) is 40.6 Å². The zero-order chi connectivity index (χ0) is 30.3. The number of hydrogen-bond donors (Lipinski definition) is 6. The third-order valence-corrected chi connectivity index (χ3v) is 8.27. The molecular formula is C29H39N6O6P. The van der Waals surface area contributed by atoms with E-state index in [1.165, 1.54) is 7.11 Å². The first-order chi connectivity index (χ1) is 20.1. The zero-order valence-electron chi connectivity index (χ0n) is 24.0. The van der Waals surface area contributed by atoms with Gasteiger partial charge in [-0.2, -0.15) is 0 Å². The molecule has 0 saturated heterocycles. The van der Waals surface area contributed by atoms with E-state index in [1.54, 1.807) is 13.8 Å². The lowest BCUT2D eigenvalue weighted by atomic mass is 10.1. The van der Waals surface area contributed by atoms with E-state index >= 15 is 0 Å². The van der Waals surface area contributed by atoms with Gasteiger partial charge in [0.2, 0.25) is 11.8 Å². The molecule has 4 aromatic rings. The second kappa shape index (κ2) is 14.1. The third kappa shape index (κ3) is 8.07. The molecule has 4 rings (SSSR count). The number of aromatic amines is 2. The Morgan fingerprint density at radius 1 is 0.786 bits per heavy atom. The van der Waals surface area contributed by atoms with Crippen LogP contribution >= 0.6 is 7.82 Å². The summed E-state index contributed by atoms with van der Waals surface area (Å²) in [7, 11) is -2.89. The number of rotatable bonds is 15. The summed E-state index contributed by atoms with van der Waals surface area (Å²) in [5.74, 6) is -0.761. The van der Waals surface area contributed by atoms with E-state index in [0.29, 0.717) is 12.8 Å². The fourth-order valence-corrected chi connectivity index (χ4v) is 5.62. The van der Waals surface area contributed by atoms with E-state index < -0.39 is 32.0 Å². The summed E-state index contributed by atoms with van der Waals surface area (Å²) in [6.07, 6.45) is 4.47. The molecule has 13 heteroatoms. The van der Waals surface area contributed by atoms with E-state index in [0.717, 1.165) is 32.9 Å². The Morgan fingerprint density at radius 3 is 1.57 bits per heavy atom. The molecule has 0 radical (unpaired) electrons. The highest BCUT2D eigenvalue weighted by Crippen LogP contribution is 2.48. The Morgan fingerprint density at radius 2 is 1.19 bits per heavy atom. The van der Waals surface area contributed by atoms with Crippen LogP contribution in [-0.4, -0.2) is 66.3 Å². The van der Waals surface area contributed by atoms with Crippen molar-refractivity contribution in [1.82, 2.24) is 20.6 Å². The van der Waals surface area contributed by atoms with Crippen LogP contribution in [0.5, 0.6) is 0 Å². The van der Waals surface area contributed by atoms with Gasteiger partial charge in [-0.05, 0) is 49.9 Å². The van der Waals surface area contributed by atoms with Gasteiger partial charge in [-0.15, -0.1) is 0 Å². The van der Waals surface area contributed by atoms with E-state index in [1.807, 2.05) is 60.9 Å². The lowest BCUT2D eigenvalue weighted by Crippen LogP contribution is -2.47. The summed E-state index contributed by atoms with van der Waals surface area (Å²) in [6.45, 7) is 2.80. The van der Waals surface area contributed by atoms with Gasteiger partial charge in [0.1, 0.15) is 0 Å². The number of carbonyl (C=O) groups is 2. The Labute approximate surface area is 244 Å².